The Morgan fingerprint density at radius 1 is 1.26 bits per heavy atom. The van der Waals surface area contributed by atoms with E-state index in [1.165, 1.54) is 0 Å². The molecule has 0 fully saturated rings. The van der Waals surface area contributed by atoms with E-state index < -0.39 is 33.3 Å². The Bertz CT molecular complexity index is 898. The number of terminal acetylenes is 1. The van der Waals surface area contributed by atoms with Gasteiger partial charge in [-0.2, -0.15) is 23.4 Å². The van der Waals surface area contributed by atoms with Gasteiger partial charge in [0.25, 0.3) is 5.91 Å². The van der Waals surface area contributed by atoms with E-state index >= 15 is 0 Å². The van der Waals surface area contributed by atoms with Crippen LogP contribution >= 0.6 is 0 Å². The molecule has 1 heterocycles. The van der Waals surface area contributed by atoms with Crippen LogP contribution in [-0.4, -0.2) is 32.8 Å². The van der Waals surface area contributed by atoms with Gasteiger partial charge in [0.2, 0.25) is 10.0 Å². The molecule has 0 aromatic heterocycles. The molecule has 0 spiro atoms. The van der Waals surface area contributed by atoms with Gasteiger partial charge in [0.05, 0.1) is 11.8 Å². The van der Waals surface area contributed by atoms with Crippen LogP contribution in [0.25, 0.3) is 0 Å². The highest BCUT2D eigenvalue weighted by molar-refractivity contribution is 7.92. The second kappa shape index (κ2) is 7.56. The number of carbonyl (C=O) groups is 1. The third-order valence-electron chi connectivity index (χ3n) is 3.69. The topological polar surface area (TPSA) is 100.0 Å². The molecule has 0 bridgehead atoms. The number of alkyl halides is 3. The van der Waals surface area contributed by atoms with Gasteiger partial charge in [0.1, 0.15) is 0 Å². The van der Waals surface area contributed by atoms with Gasteiger partial charge >= 0.3 is 6.18 Å². The molecule has 2 N–H and O–H groups in total. The Labute approximate surface area is 154 Å². The van der Waals surface area contributed by atoms with E-state index in [0.29, 0.717) is 31.4 Å². The van der Waals surface area contributed by atoms with Gasteiger partial charge in [-0.15, -0.1) is 12.3 Å². The molecule has 11 heteroatoms. The molecule has 0 saturated heterocycles. The molecule has 1 aliphatic rings. The molecule has 0 unspecified atom stereocenters. The summed E-state index contributed by atoms with van der Waals surface area (Å²) in [4.78, 5) is 12.2. The fourth-order valence-corrected chi connectivity index (χ4v) is 2.89. The first-order valence-electron chi connectivity index (χ1n) is 7.80. The maximum absolute atomic E-state index is 13.0. The highest BCUT2D eigenvalue weighted by Gasteiger charge is 2.38. The van der Waals surface area contributed by atoms with Crippen molar-refractivity contribution in [1.82, 2.24) is 5.32 Å². The van der Waals surface area contributed by atoms with Crippen LogP contribution in [-0.2, 0) is 16.2 Å². The third kappa shape index (κ3) is 6.25. The van der Waals surface area contributed by atoms with Crippen LogP contribution in [0.1, 0.15) is 35.2 Å². The average molecular weight is 402 g/mol. The number of halogens is 3. The number of anilines is 1. The van der Waals surface area contributed by atoms with E-state index in [0.717, 1.165) is 12.3 Å². The van der Waals surface area contributed by atoms with Crippen LogP contribution in [0.15, 0.2) is 28.4 Å². The molecular weight excluding hydrogens is 385 g/mol. The zero-order valence-corrected chi connectivity index (χ0v) is 15.1. The summed E-state index contributed by atoms with van der Waals surface area (Å²) < 4.78 is 63.6. The molecule has 0 aliphatic carbocycles. The van der Waals surface area contributed by atoms with Gasteiger partial charge in [-0.05, 0) is 18.2 Å². The van der Waals surface area contributed by atoms with Crippen LogP contribution in [0.3, 0.4) is 0 Å². The summed E-state index contributed by atoms with van der Waals surface area (Å²) in [6, 6.07) is 2.31. The standard InChI is InChI=1S/C16H17F3N4O3S/c1-3-4-5-15(22-23-15)6-7-20-14(24)11-8-12(16(17,18)19)10-13(9-11)21-27(2,25)26/h1,8-10,21H,4-7H2,2H3,(H,20,24). The molecule has 27 heavy (non-hydrogen) atoms. The lowest BCUT2D eigenvalue weighted by molar-refractivity contribution is -0.137. The highest BCUT2D eigenvalue weighted by Crippen LogP contribution is 2.36. The highest BCUT2D eigenvalue weighted by atomic mass is 32.2. The molecular formula is C16H17F3N4O3S. The van der Waals surface area contributed by atoms with E-state index in [-0.39, 0.29) is 17.8 Å². The van der Waals surface area contributed by atoms with Crippen molar-refractivity contribution in [2.24, 2.45) is 10.2 Å². The number of sulfonamides is 1. The predicted octanol–water partition coefficient (Wildman–Crippen LogP) is 2.77. The second-order valence-corrected chi connectivity index (χ2v) is 7.81. The minimum Gasteiger partial charge on any atom is -0.352 e. The summed E-state index contributed by atoms with van der Waals surface area (Å²) in [5, 5.41) is 10.3. The molecule has 146 valence electrons. The van der Waals surface area contributed by atoms with Crippen molar-refractivity contribution < 1.29 is 26.4 Å². The number of hydrogen-bond donors (Lipinski definition) is 2. The van der Waals surface area contributed by atoms with E-state index in [1.54, 1.807) is 0 Å². The van der Waals surface area contributed by atoms with Gasteiger partial charge in [-0.3, -0.25) is 9.52 Å². The normalized spacial score (nSPS) is 15.1. The van der Waals surface area contributed by atoms with Gasteiger partial charge in [0.15, 0.2) is 5.66 Å². The number of hydrogen-bond acceptors (Lipinski definition) is 5. The third-order valence-corrected chi connectivity index (χ3v) is 4.30. The lowest BCUT2D eigenvalue weighted by atomic mass is 10.0. The van der Waals surface area contributed by atoms with Crippen LogP contribution in [0.5, 0.6) is 0 Å². The molecule has 0 atom stereocenters. The Hall–Kier alpha value is -2.61. The van der Waals surface area contributed by atoms with Crippen molar-refractivity contribution in [3.05, 3.63) is 29.3 Å². The van der Waals surface area contributed by atoms with Crippen molar-refractivity contribution in [3.8, 4) is 12.3 Å². The number of nitrogens with one attached hydrogen (secondary N) is 2. The Morgan fingerprint density at radius 2 is 1.93 bits per heavy atom. The van der Waals surface area contributed by atoms with Crippen LogP contribution in [0, 0.1) is 12.3 Å². The number of amides is 1. The van der Waals surface area contributed by atoms with Crippen LogP contribution < -0.4 is 10.0 Å². The average Bonchev–Trinajstić information content (AvgIpc) is 3.30. The smallest absolute Gasteiger partial charge is 0.352 e. The molecule has 0 radical (unpaired) electrons. The molecule has 1 aromatic carbocycles. The minimum atomic E-state index is -4.74. The lowest BCUT2D eigenvalue weighted by Gasteiger charge is -2.14. The fourth-order valence-electron chi connectivity index (χ4n) is 2.34. The van der Waals surface area contributed by atoms with Crippen molar-refractivity contribution in [3.63, 3.8) is 0 Å². The van der Waals surface area contributed by atoms with E-state index in [2.05, 4.69) is 21.5 Å². The molecule has 1 aromatic rings. The second-order valence-electron chi connectivity index (χ2n) is 6.06. The summed E-state index contributed by atoms with van der Waals surface area (Å²) in [5.74, 6) is 1.69. The predicted molar refractivity (Wildman–Crippen MR) is 92.5 cm³/mol. The zero-order chi connectivity index (χ0) is 20.3. The van der Waals surface area contributed by atoms with E-state index in [1.807, 2.05) is 4.72 Å². The monoisotopic (exact) mass is 402 g/mol. The van der Waals surface area contributed by atoms with Crippen LogP contribution in [0.2, 0.25) is 0 Å². The number of carbonyl (C=O) groups excluding carboxylic acids is 1. The van der Waals surface area contributed by atoms with Crippen molar-refractivity contribution in [2.75, 3.05) is 17.5 Å². The zero-order valence-electron chi connectivity index (χ0n) is 14.3. The van der Waals surface area contributed by atoms with Gasteiger partial charge < -0.3 is 5.32 Å². The summed E-state index contributed by atoms with van der Waals surface area (Å²) in [6.07, 6.45) is 2.61. The van der Waals surface area contributed by atoms with Gasteiger partial charge in [0, 0.05) is 37.1 Å². The SMILES string of the molecule is C#CCCC1(CCNC(=O)c2cc(NS(C)(=O)=O)cc(C(F)(F)F)c2)N=N1. The van der Waals surface area contributed by atoms with Gasteiger partial charge in [-0.1, -0.05) is 0 Å². The molecule has 0 saturated carbocycles. The summed E-state index contributed by atoms with van der Waals surface area (Å²) in [7, 11) is -3.81. The number of benzene rings is 1. The van der Waals surface area contributed by atoms with E-state index in [9.17, 15) is 26.4 Å². The van der Waals surface area contributed by atoms with Gasteiger partial charge in [-0.25, -0.2) is 8.42 Å². The lowest BCUT2D eigenvalue weighted by Crippen LogP contribution is -2.28. The fraction of sp³-hybridized carbons (Fsp3) is 0.438. The maximum atomic E-state index is 13.0. The minimum absolute atomic E-state index is 0.126. The summed E-state index contributed by atoms with van der Waals surface area (Å²) in [6.45, 7) is 0.126. The molecule has 2 rings (SSSR count). The summed E-state index contributed by atoms with van der Waals surface area (Å²) in [5.41, 5.74) is -2.44. The van der Waals surface area contributed by atoms with Crippen molar-refractivity contribution in [1.29, 1.82) is 0 Å². The first-order chi connectivity index (χ1) is 12.4. The first-order valence-corrected chi connectivity index (χ1v) is 9.69. The number of rotatable bonds is 8. The van der Waals surface area contributed by atoms with Crippen molar-refractivity contribution in [2.45, 2.75) is 31.1 Å². The Balaban J connectivity index is 2.10. The number of nitrogens with zero attached hydrogens (tertiary/aromatic N) is 2. The summed E-state index contributed by atoms with van der Waals surface area (Å²) >= 11 is 0. The van der Waals surface area contributed by atoms with E-state index in [4.69, 9.17) is 6.42 Å². The first kappa shape index (κ1) is 20.7. The Morgan fingerprint density at radius 3 is 2.44 bits per heavy atom. The van der Waals surface area contributed by atoms with Crippen LogP contribution in [0.4, 0.5) is 18.9 Å². The molecule has 7 nitrogen and oxygen atoms in total. The molecule has 1 amide bonds. The largest absolute Gasteiger partial charge is 0.416 e. The molecule has 1 aliphatic heterocycles. The maximum Gasteiger partial charge on any atom is 0.416 e. The quantitative estimate of drug-likeness (QED) is 0.654. The Kier molecular flexibility index (Phi) is 5.79. The van der Waals surface area contributed by atoms with Crippen molar-refractivity contribution >= 4 is 21.6 Å².